The van der Waals surface area contributed by atoms with E-state index in [1.807, 2.05) is 6.92 Å². The summed E-state index contributed by atoms with van der Waals surface area (Å²) in [6, 6.07) is 3.78. The van der Waals surface area contributed by atoms with Gasteiger partial charge in [0.05, 0.1) is 17.5 Å². The first-order chi connectivity index (χ1) is 12.0. The predicted molar refractivity (Wildman–Crippen MR) is 94.9 cm³/mol. The van der Waals surface area contributed by atoms with Crippen LogP contribution in [0.3, 0.4) is 0 Å². The SMILES string of the molecule is CCc1nc2sc(C(c3c(F)cccc3Cl)N(C)CCO)c(O)n2n1. The lowest BCUT2D eigenvalue weighted by molar-refractivity contribution is 0.194. The fourth-order valence-electron chi connectivity index (χ4n) is 2.73. The van der Waals surface area contributed by atoms with Gasteiger partial charge in [-0.15, -0.1) is 5.10 Å². The number of aromatic nitrogens is 3. The minimum absolute atomic E-state index is 0.0960. The summed E-state index contributed by atoms with van der Waals surface area (Å²) in [6.45, 7) is 2.09. The van der Waals surface area contributed by atoms with Crippen molar-refractivity contribution in [2.45, 2.75) is 19.4 Å². The van der Waals surface area contributed by atoms with Gasteiger partial charge in [0, 0.05) is 23.6 Å². The highest BCUT2D eigenvalue weighted by molar-refractivity contribution is 7.17. The van der Waals surface area contributed by atoms with E-state index in [0.29, 0.717) is 22.1 Å². The fourth-order valence-corrected chi connectivity index (χ4v) is 4.14. The topological polar surface area (TPSA) is 73.9 Å². The van der Waals surface area contributed by atoms with Gasteiger partial charge in [0.25, 0.3) is 0 Å². The third-order valence-corrected chi connectivity index (χ3v) is 5.38. The molecule has 9 heteroatoms. The van der Waals surface area contributed by atoms with E-state index in [2.05, 4.69) is 10.1 Å². The van der Waals surface area contributed by atoms with Crippen LogP contribution in [0, 0.1) is 5.82 Å². The van der Waals surface area contributed by atoms with Gasteiger partial charge >= 0.3 is 0 Å². The van der Waals surface area contributed by atoms with Crippen LogP contribution in [-0.2, 0) is 6.42 Å². The maximum Gasteiger partial charge on any atom is 0.230 e. The Kier molecular flexibility index (Phi) is 5.24. The lowest BCUT2D eigenvalue weighted by Gasteiger charge is -2.28. The zero-order chi connectivity index (χ0) is 18.1. The lowest BCUT2D eigenvalue weighted by atomic mass is 10.0. The van der Waals surface area contributed by atoms with Gasteiger partial charge in [-0.3, -0.25) is 4.90 Å². The minimum Gasteiger partial charge on any atom is -0.492 e. The van der Waals surface area contributed by atoms with Crippen molar-refractivity contribution in [3.63, 3.8) is 0 Å². The van der Waals surface area contributed by atoms with Crippen LogP contribution in [-0.4, -0.2) is 49.9 Å². The number of fused-ring (bicyclic) bond motifs is 1. The lowest BCUT2D eigenvalue weighted by Crippen LogP contribution is -2.29. The number of halogens is 2. The number of hydrogen-bond acceptors (Lipinski definition) is 6. The van der Waals surface area contributed by atoms with Gasteiger partial charge in [0.15, 0.2) is 5.82 Å². The Morgan fingerprint density at radius 1 is 1.44 bits per heavy atom. The van der Waals surface area contributed by atoms with Crippen molar-refractivity contribution < 1.29 is 14.6 Å². The molecule has 25 heavy (non-hydrogen) atoms. The van der Waals surface area contributed by atoms with E-state index in [4.69, 9.17) is 11.6 Å². The smallest absolute Gasteiger partial charge is 0.230 e. The summed E-state index contributed by atoms with van der Waals surface area (Å²) in [5.41, 5.74) is 0.246. The summed E-state index contributed by atoms with van der Waals surface area (Å²) in [6.07, 6.45) is 0.649. The summed E-state index contributed by atoms with van der Waals surface area (Å²) >= 11 is 7.47. The van der Waals surface area contributed by atoms with Gasteiger partial charge in [0.1, 0.15) is 5.82 Å². The third kappa shape index (κ3) is 3.22. The van der Waals surface area contributed by atoms with Crippen LogP contribution in [0.25, 0.3) is 4.96 Å². The first-order valence-electron chi connectivity index (χ1n) is 7.80. The Hall–Kier alpha value is -1.74. The van der Waals surface area contributed by atoms with E-state index in [1.54, 1.807) is 18.0 Å². The molecule has 2 heterocycles. The first kappa shape index (κ1) is 18.1. The van der Waals surface area contributed by atoms with Gasteiger partial charge in [-0.05, 0) is 19.2 Å². The van der Waals surface area contributed by atoms with E-state index in [1.165, 1.54) is 28.0 Å². The van der Waals surface area contributed by atoms with Crippen LogP contribution in [0.4, 0.5) is 4.39 Å². The molecule has 1 aromatic carbocycles. The highest BCUT2D eigenvalue weighted by atomic mass is 35.5. The highest BCUT2D eigenvalue weighted by Gasteiger charge is 2.31. The van der Waals surface area contributed by atoms with Gasteiger partial charge in [-0.25, -0.2) is 9.37 Å². The van der Waals surface area contributed by atoms with Crippen LogP contribution in [0.15, 0.2) is 18.2 Å². The normalized spacial score (nSPS) is 13.0. The number of likely N-dealkylation sites (N-methyl/N-ethyl adjacent to an activating group) is 1. The minimum atomic E-state index is -0.667. The molecule has 1 atom stereocenters. The fraction of sp³-hybridized carbons (Fsp3) is 0.375. The highest BCUT2D eigenvalue weighted by Crippen LogP contribution is 2.42. The van der Waals surface area contributed by atoms with E-state index < -0.39 is 11.9 Å². The molecule has 0 aliphatic rings. The molecule has 0 saturated carbocycles. The van der Waals surface area contributed by atoms with Gasteiger partial charge < -0.3 is 10.2 Å². The second-order valence-corrected chi connectivity index (χ2v) is 7.02. The van der Waals surface area contributed by atoms with Crippen LogP contribution in [0.2, 0.25) is 5.02 Å². The Morgan fingerprint density at radius 2 is 2.20 bits per heavy atom. The van der Waals surface area contributed by atoms with Crippen molar-refractivity contribution in [2.24, 2.45) is 0 Å². The number of benzene rings is 1. The summed E-state index contributed by atoms with van der Waals surface area (Å²) in [7, 11) is 1.73. The molecule has 0 aliphatic heterocycles. The number of thiazole rings is 1. The van der Waals surface area contributed by atoms with Crippen LogP contribution in [0.1, 0.15) is 29.2 Å². The standard InChI is InChI=1S/C16H18ClFN4O2S/c1-3-11-19-16-22(20-11)15(24)14(25-16)13(21(2)7-8-23)12-9(17)5-4-6-10(12)18/h4-6,13,23-24H,3,7-8H2,1-2H3. The second-order valence-electron chi connectivity index (χ2n) is 5.61. The Balaban J connectivity index is 2.18. The van der Waals surface area contributed by atoms with Crippen molar-refractivity contribution >= 4 is 27.9 Å². The van der Waals surface area contributed by atoms with Crippen LogP contribution >= 0.6 is 22.9 Å². The summed E-state index contributed by atoms with van der Waals surface area (Å²) < 4.78 is 15.9. The monoisotopic (exact) mass is 384 g/mol. The molecular weight excluding hydrogens is 367 g/mol. The number of aliphatic hydroxyl groups excluding tert-OH is 1. The predicted octanol–water partition coefficient (Wildman–Crippen LogP) is 2.86. The first-order valence-corrected chi connectivity index (χ1v) is 8.99. The van der Waals surface area contributed by atoms with Crippen molar-refractivity contribution in [2.75, 3.05) is 20.2 Å². The molecule has 0 radical (unpaired) electrons. The molecule has 1 unspecified atom stereocenters. The molecule has 0 amide bonds. The number of aliphatic hydroxyl groups is 1. The molecule has 0 saturated heterocycles. The molecule has 134 valence electrons. The van der Waals surface area contributed by atoms with E-state index in [-0.39, 0.29) is 29.6 Å². The maximum atomic E-state index is 14.5. The van der Waals surface area contributed by atoms with Crippen molar-refractivity contribution in [3.05, 3.63) is 45.3 Å². The zero-order valence-corrected chi connectivity index (χ0v) is 15.4. The third-order valence-electron chi connectivity index (χ3n) is 3.97. The van der Waals surface area contributed by atoms with Gasteiger partial charge in [-0.2, -0.15) is 4.52 Å². The number of rotatable bonds is 6. The molecule has 6 nitrogen and oxygen atoms in total. The molecule has 2 aromatic heterocycles. The summed E-state index contributed by atoms with van der Waals surface area (Å²) in [4.78, 5) is 7.09. The Labute approximate surface area is 153 Å². The molecule has 3 rings (SSSR count). The van der Waals surface area contributed by atoms with E-state index in [0.717, 1.165) is 0 Å². The quantitative estimate of drug-likeness (QED) is 0.683. The average molecular weight is 385 g/mol. The number of aryl methyl sites for hydroxylation is 1. The summed E-state index contributed by atoms with van der Waals surface area (Å²) in [5, 5.41) is 24.4. The van der Waals surface area contributed by atoms with Gasteiger partial charge in [-0.1, -0.05) is 35.9 Å². The van der Waals surface area contributed by atoms with E-state index in [9.17, 15) is 14.6 Å². The molecule has 0 spiro atoms. The zero-order valence-electron chi connectivity index (χ0n) is 13.8. The number of nitrogens with zero attached hydrogens (tertiary/aromatic N) is 4. The maximum absolute atomic E-state index is 14.5. The van der Waals surface area contributed by atoms with E-state index >= 15 is 0 Å². The second kappa shape index (κ2) is 7.25. The average Bonchev–Trinajstić information content (AvgIpc) is 3.11. The van der Waals surface area contributed by atoms with Crippen molar-refractivity contribution in [1.29, 1.82) is 0 Å². The number of hydrogen-bond donors (Lipinski definition) is 2. The molecule has 0 fully saturated rings. The van der Waals surface area contributed by atoms with Crippen molar-refractivity contribution in [3.8, 4) is 5.88 Å². The largest absolute Gasteiger partial charge is 0.492 e. The number of aromatic hydroxyl groups is 1. The molecule has 2 N–H and O–H groups in total. The summed E-state index contributed by atoms with van der Waals surface area (Å²) in [5.74, 6) is 0.0496. The van der Waals surface area contributed by atoms with Crippen LogP contribution in [0.5, 0.6) is 5.88 Å². The molecule has 3 aromatic rings. The van der Waals surface area contributed by atoms with Gasteiger partial charge in [0.2, 0.25) is 10.8 Å². The van der Waals surface area contributed by atoms with Crippen LogP contribution < -0.4 is 0 Å². The Bertz CT molecular complexity index is 878. The molecule has 0 bridgehead atoms. The Morgan fingerprint density at radius 3 is 2.80 bits per heavy atom. The molecular formula is C16H18ClFN4O2S. The van der Waals surface area contributed by atoms with Crippen molar-refractivity contribution in [1.82, 2.24) is 19.5 Å². The molecule has 0 aliphatic carbocycles.